The van der Waals surface area contributed by atoms with Gasteiger partial charge in [-0.25, -0.2) is 8.91 Å². The molecule has 43 heavy (non-hydrogen) atoms. The lowest BCUT2D eigenvalue weighted by atomic mass is 10.1. The third-order valence-corrected chi connectivity index (χ3v) is 7.04. The van der Waals surface area contributed by atoms with Gasteiger partial charge in [0.1, 0.15) is 11.6 Å². The van der Waals surface area contributed by atoms with Gasteiger partial charge in [0.2, 0.25) is 11.9 Å². The summed E-state index contributed by atoms with van der Waals surface area (Å²) >= 11 is 0. The zero-order valence-corrected chi connectivity index (χ0v) is 23.3. The Kier molecular flexibility index (Phi) is 7.71. The Balaban J connectivity index is 1.14. The molecule has 2 amide bonds. The molecule has 0 spiro atoms. The van der Waals surface area contributed by atoms with Gasteiger partial charge in [0.15, 0.2) is 5.65 Å². The van der Waals surface area contributed by atoms with Crippen molar-refractivity contribution in [2.45, 2.75) is 19.4 Å². The van der Waals surface area contributed by atoms with Crippen molar-refractivity contribution in [3.63, 3.8) is 0 Å². The highest BCUT2D eigenvalue weighted by Gasteiger charge is 2.30. The molecule has 0 atom stereocenters. The Morgan fingerprint density at radius 1 is 1.00 bits per heavy atom. The second-order valence-electron chi connectivity index (χ2n) is 10.2. The number of nitrogens with zero attached hydrogens (tertiary/aromatic N) is 4. The molecule has 11 heteroatoms. The summed E-state index contributed by atoms with van der Waals surface area (Å²) in [6, 6.07) is 22.3. The predicted octanol–water partition coefficient (Wildman–Crippen LogP) is 4.68. The lowest BCUT2D eigenvalue weighted by Crippen LogP contribution is -2.53. The van der Waals surface area contributed by atoms with Crippen LogP contribution in [0.25, 0.3) is 16.8 Å². The minimum atomic E-state index is -0.468. The molecular weight excluding hydrogens is 551 g/mol. The summed E-state index contributed by atoms with van der Waals surface area (Å²) in [7, 11) is 0. The molecule has 3 N–H and O–H groups in total. The number of aliphatic hydroxyl groups is 1. The van der Waals surface area contributed by atoms with E-state index in [1.807, 2.05) is 49.5 Å². The molecule has 3 aromatic carbocycles. The second-order valence-corrected chi connectivity index (χ2v) is 10.2. The third kappa shape index (κ3) is 6.31. The molecule has 10 nitrogen and oxygen atoms in total. The molecule has 3 heterocycles. The number of pyridine rings is 1. The summed E-state index contributed by atoms with van der Waals surface area (Å²) in [6.45, 7) is 2.93. The van der Waals surface area contributed by atoms with Crippen LogP contribution >= 0.6 is 0 Å². The monoisotopic (exact) mass is 580 g/mol. The van der Waals surface area contributed by atoms with Gasteiger partial charge in [-0.05, 0) is 72.6 Å². The Bertz CT molecular complexity index is 1780. The summed E-state index contributed by atoms with van der Waals surface area (Å²) in [5.74, 6) is 0.183. The van der Waals surface area contributed by atoms with Crippen molar-refractivity contribution in [2.24, 2.45) is 0 Å². The fourth-order valence-electron chi connectivity index (χ4n) is 4.80. The van der Waals surface area contributed by atoms with Crippen LogP contribution in [0.15, 0.2) is 85.1 Å². The zero-order valence-electron chi connectivity index (χ0n) is 23.3. The number of halogens is 1. The van der Waals surface area contributed by atoms with Crippen molar-refractivity contribution in [3.05, 3.63) is 102 Å². The predicted molar refractivity (Wildman–Crippen MR) is 160 cm³/mol. The van der Waals surface area contributed by atoms with Crippen molar-refractivity contribution in [3.8, 4) is 16.9 Å². The molecule has 6 rings (SSSR count). The number of aromatic nitrogens is 3. The number of β-amino-alcohol motifs (C(OH)–C–C–N with tert-alkyl or cyclic N) is 1. The molecule has 1 saturated heterocycles. The van der Waals surface area contributed by atoms with Crippen LogP contribution in [0.4, 0.5) is 21.7 Å². The third-order valence-electron chi connectivity index (χ3n) is 7.04. The molecule has 0 bridgehead atoms. The Morgan fingerprint density at radius 3 is 2.47 bits per heavy atom. The maximum Gasteiger partial charge on any atom is 0.254 e. The van der Waals surface area contributed by atoms with E-state index in [1.165, 1.54) is 12.1 Å². The van der Waals surface area contributed by atoms with E-state index in [4.69, 9.17) is 4.74 Å². The van der Waals surface area contributed by atoms with Gasteiger partial charge in [-0.2, -0.15) is 4.98 Å². The van der Waals surface area contributed by atoms with Crippen molar-refractivity contribution >= 4 is 34.8 Å². The maximum atomic E-state index is 13.1. The van der Waals surface area contributed by atoms with E-state index in [0.717, 1.165) is 16.7 Å². The second kappa shape index (κ2) is 11.9. The Labute approximate surface area is 246 Å². The van der Waals surface area contributed by atoms with Crippen LogP contribution in [0.1, 0.15) is 22.8 Å². The number of benzene rings is 3. The molecule has 218 valence electrons. The Morgan fingerprint density at radius 2 is 1.74 bits per heavy atom. The average Bonchev–Trinajstić information content (AvgIpc) is 3.39. The number of carbonyl (C=O) groups excluding carboxylic acids is 2. The first-order valence-corrected chi connectivity index (χ1v) is 13.9. The topological polar surface area (TPSA) is 121 Å². The van der Waals surface area contributed by atoms with Gasteiger partial charge in [-0.15, -0.1) is 5.10 Å². The van der Waals surface area contributed by atoms with Crippen LogP contribution in [-0.4, -0.2) is 62.2 Å². The van der Waals surface area contributed by atoms with Gasteiger partial charge in [0, 0.05) is 36.1 Å². The summed E-state index contributed by atoms with van der Waals surface area (Å²) in [6.07, 6.45) is 1.55. The van der Waals surface area contributed by atoms with E-state index in [2.05, 4.69) is 20.7 Å². The molecule has 0 saturated carbocycles. The molecule has 5 aromatic rings. The molecule has 2 aromatic heterocycles. The van der Waals surface area contributed by atoms with Crippen LogP contribution in [0.2, 0.25) is 0 Å². The standard InChI is InChI=1S/C32H29FN6O4/c1-2-43-28-16-22(31(42)38-18-26(40)19-38)7-13-27(28)35-32-36-29-14-8-23(17-39(29)37-32)21-5-11-25(12-6-21)34-30(41)15-20-3-9-24(33)10-4-20/h3-14,16-17,26,40H,2,15,18-19H2,1H3,(H,34,41)(H,35,37). The van der Waals surface area contributed by atoms with Gasteiger partial charge in [-0.3, -0.25) is 9.59 Å². The van der Waals surface area contributed by atoms with E-state index in [0.29, 0.717) is 54.0 Å². The number of likely N-dealkylation sites (tertiary alicyclic amines) is 1. The van der Waals surface area contributed by atoms with E-state index in [9.17, 15) is 19.1 Å². The highest BCUT2D eigenvalue weighted by Crippen LogP contribution is 2.30. The number of ether oxygens (including phenoxy) is 1. The van der Waals surface area contributed by atoms with Crippen LogP contribution < -0.4 is 15.4 Å². The number of aliphatic hydroxyl groups excluding tert-OH is 1. The number of carbonyl (C=O) groups is 2. The van der Waals surface area contributed by atoms with Crippen LogP contribution in [0.3, 0.4) is 0 Å². The molecule has 1 fully saturated rings. The van der Waals surface area contributed by atoms with Gasteiger partial charge >= 0.3 is 0 Å². The van der Waals surface area contributed by atoms with E-state index >= 15 is 0 Å². The highest BCUT2D eigenvalue weighted by atomic mass is 19.1. The minimum Gasteiger partial charge on any atom is -0.492 e. The van der Waals surface area contributed by atoms with Crippen LogP contribution in [0, 0.1) is 5.82 Å². The van der Waals surface area contributed by atoms with Gasteiger partial charge < -0.3 is 25.4 Å². The van der Waals surface area contributed by atoms with Crippen molar-refractivity contribution in [1.29, 1.82) is 0 Å². The Hall–Kier alpha value is -5.29. The van der Waals surface area contributed by atoms with Crippen molar-refractivity contribution in [1.82, 2.24) is 19.5 Å². The lowest BCUT2D eigenvalue weighted by Gasteiger charge is -2.35. The molecular formula is C32H29FN6O4. The zero-order chi connectivity index (χ0) is 29.9. The smallest absolute Gasteiger partial charge is 0.254 e. The van der Waals surface area contributed by atoms with E-state index < -0.39 is 6.10 Å². The molecule has 0 radical (unpaired) electrons. The first kappa shape index (κ1) is 27.9. The number of rotatable bonds is 9. The number of fused-ring (bicyclic) bond motifs is 1. The average molecular weight is 581 g/mol. The van der Waals surface area contributed by atoms with Gasteiger partial charge in [0.05, 0.1) is 24.8 Å². The number of nitrogens with one attached hydrogen (secondary N) is 2. The van der Waals surface area contributed by atoms with Gasteiger partial charge in [-0.1, -0.05) is 24.3 Å². The molecule has 0 aliphatic carbocycles. The molecule has 1 aliphatic rings. The van der Waals surface area contributed by atoms with Crippen LogP contribution in [0.5, 0.6) is 5.75 Å². The van der Waals surface area contributed by atoms with Crippen molar-refractivity contribution < 1.29 is 23.8 Å². The molecule has 1 aliphatic heterocycles. The summed E-state index contributed by atoms with van der Waals surface area (Å²) < 4.78 is 20.6. The fourth-order valence-corrected chi connectivity index (χ4v) is 4.80. The maximum absolute atomic E-state index is 13.1. The van der Waals surface area contributed by atoms with E-state index in [-0.39, 0.29) is 24.1 Å². The number of anilines is 3. The first-order chi connectivity index (χ1) is 20.8. The summed E-state index contributed by atoms with van der Waals surface area (Å²) in [4.78, 5) is 31.2. The van der Waals surface area contributed by atoms with Gasteiger partial charge in [0.25, 0.3) is 5.91 Å². The highest BCUT2D eigenvalue weighted by molar-refractivity contribution is 5.96. The van der Waals surface area contributed by atoms with E-state index in [1.54, 1.807) is 39.7 Å². The fraction of sp³-hybridized carbons (Fsp3) is 0.188. The number of amides is 2. The van der Waals surface area contributed by atoms with Crippen LogP contribution in [-0.2, 0) is 11.2 Å². The number of hydrogen-bond acceptors (Lipinski definition) is 7. The lowest BCUT2D eigenvalue weighted by molar-refractivity contribution is -0.115. The largest absolute Gasteiger partial charge is 0.492 e. The summed E-state index contributed by atoms with van der Waals surface area (Å²) in [5.41, 5.74) is 4.96. The molecule has 0 unspecified atom stereocenters. The number of hydrogen-bond donors (Lipinski definition) is 3. The minimum absolute atomic E-state index is 0.152. The van der Waals surface area contributed by atoms with Crippen molar-refractivity contribution in [2.75, 3.05) is 30.3 Å². The quantitative estimate of drug-likeness (QED) is 0.232. The summed E-state index contributed by atoms with van der Waals surface area (Å²) in [5, 5.41) is 20.1. The first-order valence-electron chi connectivity index (χ1n) is 13.9. The SMILES string of the molecule is CCOc1cc(C(=O)N2CC(O)C2)ccc1Nc1nc2ccc(-c3ccc(NC(=O)Cc4ccc(F)cc4)cc3)cn2n1. The normalized spacial score (nSPS) is 13.0.